The average Bonchev–Trinajstić information content (AvgIpc) is 2.22. The van der Waals surface area contributed by atoms with E-state index in [0.29, 0.717) is 11.9 Å². The maximum atomic E-state index is 5.80. The van der Waals surface area contributed by atoms with E-state index in [1.54, 1.807) is 6.20 Å². The van der Waals surface area contributed by atoms with Gasteiger partial charge in [-0.3, -0.25) is 0 Å². The van der Waals surface area contributed by atoms with Crippen molar-refractivity contribution in [1.82, 2.24) is 10.3 Å². The van der Waals surface area contributed by atoms with Crippen molar-refractivity contribution in [2.75, 3.05) is 12.3 Å². The van der Waals surface area contributed by atoms with Gasteiger partial charge in [0.1, 0.15) is 5.82 Å². The van der Waals surface area contributed by atoms with E-state index < -0.39 is 0 Å². The summed E-state index contributed by atoms with van der Waals surface area (Å²) in [7, 11) is 0. The minimum atomic E-state index is 0.402. The molecule has 0 aliphatic carbocycles. The first-order valence-electron chi connectivity index (χ1n) is 5.31. The molecule has 3 heteroatoms. The molecule has 1 aromatic heterocycles. The highest BCUT2D eigenvalue weighted by molar-refractivity contribution is 5.38. The molecule has 0 spiro atoms. The smallest absolute Gasteiger partial charge is 0.126 e. The molecule has 0 saturated heterocycles. The number of nitrogens with one attached hydrogen (secondary N) is 1. The van der Waals surface area contributed by atoms with Gasteiger partial charge in [-0.15, -0.1) is 6.58 Å². The van der Waals surface area contributed by atoms with E-state index >= 15 is 0 Å². The SMILES string of the molecule is C=CCC(Cc1cccnc1N)NCC. The zero-order valence-electron chi connectivity index (χ0n) is 9.24. The molecule has 0 amide bonds. The zero-order valence-corrected chi connectivity index (χ0v) is 9.24. The molecule has 1 unspecified atom stereocenters. The van der Waals surface area contributed by atoms with Gasteiger partial charge in [0.2, 0.25) is 0 Å². The number of aromatic nitrogens is 1. The fraction of sp³-hybridized carbons (Fsp3) is 0.417. The number of hydrogen-bond acceptors (Lipinski definition) is 3. The van der Waals surface area contributed by atoms with Gasteiger partial charge < -0.3 is 11.1 Å². The molecule has 1 rings (SSSR count). The van der Waals surface area contributed by atoms with Crippen molar-refractivity contribution in [2.24, 2.45) is 0 Å². The van der Waals surface area contributed by atoms with E-state index in [9.17, 15) is 0 Å². The number of likely N-dealkylation sites (N-methyl/N-ethyl adjacent to an activating group) is 1. The normalized spacial score (nSPS) is 12.3. The summed E-state index contributed by atoms with van der Waals surface area (Å²) < 4.78 is 0. The fourth-order valence-electron chi connectivity index (χ4n) is 1.62. The second-order valence-corrected chi connectivity index (χ2v) is 3.53. The molecule has 1 aromatic rings. The van der Waals surface area contributed by atoms with E-state index in [-0.39, 0.29) is 0 Å². The molecule has 0 saturated carbocycles. The van der Waals surface area contributed by atoms with Crippen molar-refractivity contribution < 1.29 is 0 Å². The first-order chi connectivity index (χ1) is 7.27. The third kappa shape index (κ3) is 3.72. The number of nitrogens with zero attached hydrogens (tertiary/aromatic N) is 1. The number of hydrogen-bond donors (Lipinski definition) is 2. The second kappa shape index (κ2) is 6.19. The molecule has 1 heterocycles. The summed E-state index contributed by atoms with van der Waals surface area (Å²) >= 11 is 0. The Balaban J connectivity index is 2.64. The summed E-state index contributed by atoms with van der Waals surface area (Å²) in [6.07, 6.45) is 5.50. The fourth-order valence-corrected chi connectivity index (χ4v) is 1.62. The number of rotatable bonds is 6. The Hall–Kier alpha value is -1.35. The van der Waals surface area contributed by atoms with Gasteiger partial charge in [0.05, 0.1) is 0 Å². The van der Waals surface area contributed by atoms with Gasteiger partial charge in [0, 0.05) is 12.2 Å². The number of anilines is 1. The number of nitrogens with two attached hydrogens (primary N) is 1. The van der Waals surface area contributed by atoms with Crippen LogP contribution in [0.3, 0.4) is 0 Å². The predicted molar refractivity (Wildman–Crippen MR) is 64.6 cm³/mol. The maximum absolute atomic E-state index is 5.80. The molecular weight excluding hydrogens is 186 g/mol. The van der Waals surface area contributed by atoms with E-state index in [0.717, 1.165) is 24.9 Å². The van der Waals surface area contributed by atoms with E-state index in [4.69, 9.17) is 5.73 Å². The van der Waals surface area contributed by atoms with Crippen molar-refractivity contribution >= 4 is 5.82 Å². The molecule has 3 N–H and O–H groups in total. The Morgan fingerprint density at radius 2 is 2.47 bits per heavy atom. The Morgan fingerprint density at radius 3 is 3.07 bits per heavy atom. The molecule has 0 aliphatic heterocycles. The van der Waals surface area contributed by atoms with Crippen LogP contribution in [0.1, 0.15) is 18.9 Å². The van der Waals surface area contributed by atoms with E-state index in [1.807, 2.05) is 18.2 Å². The summed E-state index contributed by atoms with van der Waals surface area (Å²) in [5.41, 5.74) is 6.90. The van der Waals surface area contributed by atoms with Gasteiger partial charge in [-0.1, -0.05) is 19.1 Å². The van der Waals surface area contributed by atoms with E-state index in [1.165, 1.54) is 0 Å². The lowest BCUT2D eigenvalue weighted by molar-refractivity contribution is 0.530. The maximum Gasteiger partial charge on any atom is 0.126 e. The first kappa shape index (κ1) is 11.7. The molecule has 82 valence electrons. The largest absolute Gasteiger partial charge is 0.383 e. The van der Waals surface area contributed by atoms with Crippen LogP contribution in [0.2, 0.25) is 0 Å². The average molecular weight is 205 g/mol. The van der Waals surface area contributed by atoms with Gasteiger partial charge in [0.25, 0.3) is 0 Å². The Morgan fingerprint density at radius 1 is 1.67 bits per heavy atom. The third-order valence-corrected chi connectivity index (χ3v) is 2.34. The number of nitrogen functional groups attached to an aromatic ring is 1. The van der Waals surface area contributed by atoms with Crippen LogP contribution in [-0.4, -0.2) is 17.6 Å². The molecule has 0 bridgehead atoms. The minimum absolute atomic E-state index is 0.402. The topological polar surface area (TPSA) is 50.9 Å². The third-order valence-electron chi connectivity index (χ3n) is 2.34. The van der Waals surface area contributed by atoms with Crippen LogP contribution >= 0.6 is 0 Å². The molecule has 0 radical (unpaired) electrons. The van der Waals surface area contributed by atoms with Crippen molar-refractivity contribution in [2.45, 2.75) is 25.8 Å². The van der Waals surface area contributed by atoms with Crippen molar-refractivity contribution in [3.63, 3.8) is 0 Å². The summed E-state index contributed by atoms with van der Waals surface area (Å²) in [4.78, 5) is 4.08. The summed E-state index contributed by atoms with van der Waals surface area (Å²) in [6.45, 7) is 6.82. The minimum Gasteiger partial charge on any atom is -0.383 e. The first-order valence-corrected chi connectivity index (χ1v) is 5.31. The molecular formula is C12H19N3. The van der Waals surface area contributed by atoms with Crippen LogP contribution in [0, 0.1) is 0 Å². The second-order valence-electron chi connectivity index (χ2n) is 3.53. The molecule has 1 atom stereocenters. The lowest BCUT2D eigenvalue weighted by Gasteiger charge is -2.16. The highest BCUT2D eigenvalue weighted by Gasteiger charge is 2.08. The highest BCUT2D eigenvalue weighted by Crippen LogP contribution is 2.11. The van der Waals surface area contributed by atoms with Crippen LogP contribution in [0.5, 0.6) is 0 Å². The summed E-state index contributed by atoms with van der Waals surface area (Å²) in [5, 5.41) is 3.40. The Labute approximate surface area is 91.4 Å². The van der Waals surface area contributed by atoms with Crippen LogP contribution in [-0.2, 0) is 6.42 Å². The molecule has 0 aliphatic rings. The molecule has 3 nitrogen and oxygen atoms in total. The number of pyridine rings is 1. The predicted octanol–water partition coefficient (Wildman–Crippen LogP) is 1.76. The van der Waals surface area contributed by atoms with Crippen molar-refractivity contribution in [3.05, 3.63) is 36.5 Å². The van der Waals surface area contributed by atoms with Gasteiger partial charge in [-0.2, -0.15) is 0 Å². The zero-order chi connectivity index (χ0) is 11.1. The summed E-state index contributed by atoms with van der Waals surface area (Å²) in [6, 6.07) is 4.34. The summed E-state index contributed by atoms with van der Waals surface area (Å²) in [5.74, 6) is 0.629. The lowest BCUT2D eigenvalue weighted by atomic mass is 10.0. The van der Waals surface area contributed by atoms with Crippen LogP contribution in [0.15, 0.2) is 31.0 Å². The van der Waals surface area contributed by atoms with Gasteiger partial charge >= 0.3 is 0 Å². The molecule has 0 fully saturated rings. The highest BCUT2D eigenvalue weighted by atomic mass is 14.9. The van der Waals surface area contributed by atoms with Crippen LogP contribution < -0.4 is 11.1 Å². The van der Waals surface area contributed by atoms with E-state index in [2.05, 4.69) is 23.8 Å². The monoisotopic (exact) mass is 205 g/mol. The Bertz CT molecular complexity index is 309. The molecule has 0 aromatic carbocycles. The van der Waals surface area contributed by atoms with Crippen LogP contribution in [0.4, 0.5) is 5.82 Å². The van der Waals surface area contributed by atoms with Gasteiger partial charge in [-0.25, -0.2) is 4.98 Å². The molecule has 15 heavy (non-hydrogen) atoms. The van der Waals surface area contributed by atoms with Gasteiger partial charge in [0.15, 0.2) is 0 Å². The standard InChI is InChI=1S/C12H19N3/c1-3-6-11(14-4-2)9-10-7-5-8-15-12(10)13/h3,5,7-8,11,14H,1,4,6,9H2,2H3,(H2,13,15). The quantitative estimate of drug-likeness (QED) is 0.696. The Kier molecular flexibility index (Phi) is 4.84. The van der Waals surface area contributed by atoms with Crippen molar-refractivity contribution in [1.29, 1.82) is 0 Å². The lowest BCUT2D eigenvalue weighted by Crippen LogP contribution is -2.30. The van der Waals surface area contributed by atoms with Crippen molar-refractivity contribution in [3.8, 4) is 0 Å². The van der Waals surface area contributed by atoms with Crippen LogP contribution in [0.25, 0.3) is 0 Å². The van der Waals surface area contributed by atoms with Gasteiger partial charge in [-0.05, 0) is 31.0 Å².